The van der Waals surface area contributed by atoms with Gasteiger partial charge in [-0.3, -0.25) is 4.79 Å². The van der Waals surface area contributed by atoms with Crippen molar-refractivity contribution in [3.05, 3.63) is 66.5 Å². The lowest BCUT2D eigenvalue weighted by Gasteiger charge is -2.06. The molecule has 0 radical (unpaired) electrons. The van der Waals surface area contributed by atoms with Crippen LogP contribution in [0.25, 0.3) is 5.69 Å². The second-order valence-electron chi connectivity index (χ2n) is 4.88. The van der Waals surface area contributed by atoms with Crippen LogP contribution in [0.15, 0.2) is 60.8 Å². The van der Waals surface area contributed by atoms with E-state index in [9.17, 15) is 9.59 Å². The number of carbonyl (C=O) groups is 2. The van der Waals surface area contributed by atoms with E-state index in [1.54, 1.807) is 24.3 Å². The molecule has 8 nitrogen and oxygen atoms in total. The van der Waals surface area contributed by atoms with Gasteiger partial charge >= 0.3 is 6.03 Å². The van der Waals surface area contributed by atoms with Crippen molar-refractivity contribution in [2.24, 2.45) is 5.73 Å². The third kappa shape index (κ3) is 3.55. The monoisotopic (exact) mass is 322 g/mol. The molecule has 0 atom stereocenters. The molecule has 0 unspecified atom stereocenters. The molecular weight excluding hydrogens is 308 g/mol. The van der Waals surface area contributed by atoms with Crippen molar-refractivity contribution in [3.8, 4) is 5.69 Å². The van der Waals surface area contributed by atoms with Gasteiger partial charge in [0.05, 0.1) is 11.9 Å². The Bertz CT molecular complexity index is 875. The predicted octanol–water partition coefficient (Wildman–Crippen LogP) is 2.01. The van der Waals surface area contributed by atoms with Gasteiger partial charge in [-0.25, -0.2) is 4.79 Å². The van der Waals surface area contributed by atoms with Crippen LogP contribution in [0.1, 0.15) is 10.5 Å². The summed E-state index contributed by atoms with van der Waals surface area (Å²) >= 11 is 0. The van der Waals surface area contributed by atoms with Crippen LogP contribution in [0, 0.1) is 0 Å². The molecule has 0 aliphatic carbocycles. The molecule has 3 rings (SSSR count). The molecule has 0 fully saturated rings. The summed E-state index contributed by atoms with van der Waals surface area (Å²) < 4.78 is 0. The predicted molar refractivity (Wildman–Crippen MR) is 89.0 cm³/mol. The zero-order valence-electron chi connectivity index (χ0n) is 12.5. The molecule has 0 saturated carbocycles. The largest absolute Gasteiger partial charge is 0.351 e. The second kappa shape index (κ2) is 6.61. The fourth-order valence-corrected chi connectivity index (χ4v) is 2.06. The van der Waals surface area contributed by atoms with Gasteiger partial charge in [0, 0.05) is 11.4 Å². The summed E-state index contributed by atoms with van der Waals surface area (Å²) in [5.74, 6) is -0.409. The molecule has 0 spiro atoms. The summed E-state index contributed by atoms with van der Waals surface area (Å²) in [7, 11) is 0. The minimum Gasteiger partial charge on any atom is -0.351 e. The molecule has 0 aliphatic rings. The molecule has 0 aliphatic heterocycles. The fourth-order valence-electron chi connectivity index (χ4n) is 2.06. The highest BCUT2D eigenvalue weighted by Gasteiger charge is 2.12. The molecule has 24 heavy (non-hydrogen) atoms. The van der Waals surface area contributed by atoms with Gasteiger partial charge in [0.15, 0.2) is 5.69 Å². The minimum absolute atomic E-state index is 0.173. The van der Waals surface area contributed by atoms with E-state index in [0.717, 1.165) is 5.69 Å². The summed E-state index contributed by atoms with van der Waals surface area (Å²) in [5.41, 5.74) is 6.97. The lowest BCUT2D eigenvalue weighted by atomic mass is 10.2. The lowest BCUT2D eigenvalue weighted by Crippen LogP contribution is -2.19. The van der Waals surface area contributed by atoms with E-state index in [1.807, 2.05) is 30.3 Å². The summed E-state index contributed by atoms with van der Waals surface area (Å²) in [6.07, 6.45) is 1.38. The van der Waals surface area contributed by atoms with E-state index >= 15 is 0 Å². The lowest BCUT2D eigenvalue weighted by molar-refractivity contribution is 0.102. The Hall–Kier alpha value is -3.68. The first-order valence-electron chi connectivity index (χ1n) is 7.07. The number of urea groups is 1. The number of nitrogens with zero attached hydrogens (tertiary/aromatic N) is 3. The molecular formula is C16H14N6O2. The average molecular weight is 322 g/mol. The Labute approximate surface area is 137 Å². The van der Waals surface area contributed by atoms with Crippen LogP contribution < -0.4 is 16.4 Å². The van der Waals surface area contributed by atoms with Crippen molar-refractivity contribution in [2.75, 3.05) is 10.6 Å². The fraction of sp³-hybridized carbons (Fsp3) is 0. The van der Waals surface area contributed by atoms with Crippen LogP contribution in [0.4, 0.5) is 16.2 Å². The van der Waals surface area contributed by atoms with Gasteiger partial charge in [-0.1, -0.05) is 24.3 Å². The van der Waals surface area contributed by atoms with Crippen molar-refractivity contribution >= 4 is 23.3 Å². The molecule has 3 aromatic rings. The van der Waals surface area contributed by atoms with E-state index in [4.69, 9.17) is 5.73 Å². The quantitative estimate of drug-likeness (QED) is 0.681. The zero-order valence-corrected chi connectivity index (χ0v) is 12.5. The normalized spacial score (nSPS) is 10.2. The molecule has 1 heterocycles. The highest BCUT2D eigenvalue weighted by atomic mass is 16.2. The van der Waals surface area contributed by atoms with Crippen molar-refractivity contribution in [1.82, 2.24) is 15.0 Å². The summed E-state index contributed by atoms with van der Waals surface area (Å²) in [5, 5.41) is 13.4. The number of primary amides is 1. The maximum Gasteiger partial charge on any atom is 0.316 e. The summed E-state index contributed by atoms with van der Waals surface area (Å²) in [4.78, 5) is 24.5. The molecule has 120 valence electrons. The van der Waals surface area contributed by atoms with Crippen LogP contribution in [-0.4, -0.2) is 26.9 Å². The molecule has 0 saturated heterocycles. The third-order valence-electron chi connectivity index (χ3n) is 3.10. The Kier molecular flexibility index (Phi) is 4.19. The van der Waals surface area contributed by atoms with Crippen LogP contribution in [0.5, 0.6) is 0 Å². The number of benzene rings is 2. The number of hydrogen-bond donors (Lipinski definition) is 3. The van der Waals surface area contributed by atoms with Gasteiger partial charge in [0.1, 0.15) is 0 Å². The van der Waals surface area contributed by atoms with Crippen LogP contribution in [-0.2, 0) is 0 Å². The van der Waals surface area contributed by atoms with E-state index in [1.165, 1.54) is 11.0 Å². The zero-order chi connectivity index (χ0) is 16.9. The number of amides is 3. The summed E-state index contributed by atoms with van der Waals surface area (Å²) in [6, 6.07) is 15.2. The van der Waals surface area contributed by atoms with E-state index < -0.39 is 11.9 Å². The van der Waals surface area contributed by atoms with Crippen LogP contribution in [0.2, 0.25) is 0 Å². The van der Waals surface area contributed by atoms with Crippen molar-refractivity contribution in [2.45, 2.75) is 0 Å². The second-order valence-corrected chi connectivity index (χ2v) is 4.88. The maximum absolute atomic E-state index is 12.3. The SMILES string of the molecule is NC(=O)Nc1cccc(NC(=O)c2cnn(-c3ccccc3)n2)c1. The topological polar surface area (TPSA) is 115 Å². The smallest absolute Gasteiger partial charge is 0.316 e. The van der Waals surface area contributed by atoms with E-state index in [0.29, 0.717) is 11.4 Å². The molecule has 0 bridgehead atoms. The Morgan fingerprint density at radius 2 is 1.67 bits per heavy atom. The number of aromatic nitrogens is 3. The number of para-hydroxylation sites is 1. The van der Waals surface area contributed by atoms with E-state index in [2.05, 4.69) is 20.8 Å². The van der Waals surface area contributed by atoms with Crippen LogP contribution >= 0.6 is 0 Å². The van der Waals surface area contributed by atoms with Gasteiger partial charge in [-0.15, -0.1) is 5.10 Å². The van der Waals surface area contributed by atoms with Crippen molar-refractivity contribution in [3.63, 3.8) is 0 Å². The Morgan fingerprint density at radius 1 is 0.958 bits per heavy atom. The molecule has 8 heteroatoms. The molecule has 3 amide bonds. The van der Waals surface area contributed by atoms with Gasteiger partial charge in [0.25, 0.3) is 5.91 Å². The third-order valence-corrected chi connectivity index (χ3v) is 3.10. The number of carbonyl (C=O) groups excluding carboxylic acids is 2. The molecule has 4 N–H and O–H groups in total. The van der Waals surface area contributed by atoms with E-state index in [-0.39, 0.29) is 5.69 Å². The van der Waals surface area contributed by atoms with Gasteiger partial charge in [-0.2, -0.15) is 9.90 Å². The Balaban J connectivity index is 1.74. The Morgan fingerprint density at radius 3 is 2.38 bits per heavy atom. The maximum atomic E-state index is 12.3. The summed E-state index contributed by atoms with van der Waals surface area (Å²) in [6.45, 7) is 0. The average Bonchev–Trinajstić information content (AvgIpc) is 3.05. The number of nitrogens with two attached hydrogens (primary N) is 1. The highest BCUT2D eigenvalue weighted by Crippen LogP contribution is 2.15. The van der Waals surface area contributed by atoms with Crippen LogP contribution in [0.3, 0.4) is 0 Å². The van der Waals surface area contributed by atoms with Crippen molar-refractivity contribution in [1.29, 1.82) is 0 Å². The van der Waals surface area contributed by atoms with Gasteiger partial charge in [-0.05, 0) is 30.3 Å². The first-order valence-corrected chi connectivity index (χ1v) is 7.07. The number of rotatable bonds is 4. The standard InChI is InChI=1S/C16H14N6O2/c17-16(24)20-12-6-4-5-11(9-12)19-15(23)14-10-18-22(21-14)13-7-2-1-3-8-13/h1-10H,(H,19,23)(H3,17,20,24). The number of anilines is 2. The minimum atomic E-state index is -0.677. The number of nitrogens with one attached hydrogen (secondary N) is 2. The van der Waals surface area contributed by atoms with Gasteiger partial charge in [0.2, 0.25) is 0 Å². The highest BCUT2D eigenvalue weighted by molar-refractivity contribution is 6.03. The molecule has 2 aromatic carbocycles. The van der Waals surface area contributed by atoms with Crippen molar-refractivity contribution < 1.29 is 9.59 Å². The van der Waals surface area contributed by atoms with Gasteiger partial charge < -0.3 is 16.4 Å². The molecule has 1 aromatic heterocycles. The number of hydrogen-bond acceptors (Lipinski definition) is 4. The first kappa shape index (κ1) is 15.2. The first-order chi connectivity index (χ1) is 11.6.